The summed E-state index contributed by atoms with van der Waals surface area (Å²) in [4.78, 5) is 24.5. The third-order valence-corrected chi connectivity index (χ3v) is 3.54. The normalized spacial score (nSPS) is 10.5. The van der Waals surface area contributed by atoms with Crippen LogP contribution in [0.5, 0.6) is 0 Å². The summed E-state index contributed by atoms with van der Waals surface area (Å²) in [5.74, 6) is -0.185. The molecule has 0 spiro atoms. The van der Waals surface area contributed by atoms with E-state index < -0.39 is 0 Å². The van der Waals surface area contributed by atoms with E-state index in [4.69, 9.17) is 0 Å². The summed E-state index contributed by atoms with van der Waals surface area (Å²) in [5, 5.41) is 1.97. The van der Waals surface area contributed by atoms with E-state index >= 15 is 0 Å². The van der Waals surface area contributed by atoms with Gasteiger partial charge in [0.25, 0.3) is 5.56 Å². The molecular weight excluding hydrogens is 234 g/mol. The average Bonchev–Trinajstić information content (AvgIpc) is 2.81. The maximum Gasteiger partial charge on any atom is 0.261 e. The highest BCUT2D eigenvalue weighted by atomic mass is 32.1. The fourth-order valence-electron chi connectivity index (χ4n) is 1.80. The Labute approximate surface area is 103 Å². The number of aromatic nitrogens is 1. The Morgan fingerprint density at radius 3 is 2.65 bits per heavy atom. The Hall–Kier alpha value is -1.68. The summed E-state index contributed by atoms with van der Waals surface area (Å²) in [5.41, 5.74) is 0.926. The Morgan fingerprint density at radius 2 is 2.12 bits per heavy atom. The monoisotopic (exact) mass is 247 g/mol. The standard InChI is InChI=1S/C13H13NO2S/c1-3-14-11(12-5-4-8-17-12)7-6-10(9(2)15)13(14)16/h4-8H,3H2,1-2H3. The van der Waals surface area contributed by atoms with E-state index in [9.17, 15) is 9.59 Å². The Kier molecular flexibility index (Phi) is 3.24. The van der Waals surface area contributed by atoms with Crippen molar-refractivity contribution in [1.82, 2.24) is 4.57 Å². The molecule has 0 aromatic carbocycles. The molecule has 0 aliphatic rings. The van der Waals surface area contributed by atoms with Gasteiger partial charge in [-0.25, -0.2) is 0 Å². The number of carbonyl (C=O) groups excluding carboxylic acids is 1. The predicted octanol–water partition coefficient (Wildman–Crippen LogP) is 2.80. The molecule has 88 valence electrons. The van der Waals surface area contributed by atoms with E-state index in [1.807, 2.05) is 30.5 Å². The Balaban J connectivity index is 2.68. The highest BCUT2D eigenvalue weighted by molar-refractivity contribution is 7.13. The second-order valence-corrected chi connectivity index (χ2v) is 4.66. The van der Waals surface area contributed by atoms with Crippen molar-refractivity contribution in [2.75, 3.05) is 0 Å². The van der Waals surface area contributed by atoms with Gasteiger partial charge >= 0.3 is 0 Å². The number of thiophene rings is 1. The number of carbonyl (C=O) groups is 1. The highest BCUT2D eigenvalue weighted by Crippen LogP contribution is 2.23. The minimum Gasteiger partial charge on any atom is -0.307 e. The van der Waals surface area contributed by atoms with Gasteiger partial charge in [0.15, 0.2) is 5.78 Å². The lowest BCUT2D eigenvalue weighted by atomic mass is 10.1. The van der Waals surface area contributed by atoms with Crippen LogP contribution in [0.2, 0.25) is 0 Å². The largest absolute Gasteiger partial charge is 0.307 e. The van der Waals surface area contributed by atoms with Gasteiger partial charge in [0.2, 0.25) is 0 Å². The van der Waals surface area contributed by atoms with Crippen molar-refractivity contribution in [2.24, 2.45) is 0 Å². The molecule has 0 aliphatic heterocycles. The van der Waals surface area contributed by atoms with Gasteiger partial charge in [0.1, 0.15) is 0 Å². The van der Waals surface area contributed by atoms with Crippen molar-refractivity contribution in [3.8, 4) is 10.6 Å². The molecule has 2 aromatic heterocycles. The van der Waals surface area contributed by atoms with Crippen molar-refractivity contribution < 1.29 is 4.79 Å². The molecule has 0 N–H and O–H groups in total. The van der Waals surface area contributed by atoms with Gasteiger partial charge in [-0.3, -0.25) is 9.59 Å². The molecule has 2 aromatic rings. The van der Waals surface area contributed by atoms with Crippen LogP contribution in [0.4, 0.5) is 0 Å². The average molecular weight is 247 g/mol. The van der Waals surface area contributed by atoms with Gasteiger partial charge in [-0.2, -0.15) is 0 Å². The van der Waals surface area contributed by atoms with E-state index in [1.165, 1.54) is 6.92 Å². The maximum atomic E-state index is 12.1. The number of Topliss-reactive ketones (excluding diaryl/α,β-unsaturated/α-hetero) is 1. The minimum absolute atomic E-state index is 0.185. The van der Waals surface area contributed by atoms with Gasteiger partial charge in [0.05, 0.1) is 16.1 Å². The summed E-state index contributed by atoms with van der Waals surface area (Å²) in [6.07, 6.45) is 0. The summed E-state index contributed by atoms with van der Waals surface area (Å²) >= 11 is 1.58. The van der Waals surface area contributed by atoms with Crippen LogP contribution in [-0.2, 0) is 6.54 Å². The van der Waals surface area contributed by atoms with Gasteiger partial charge in [-0.15, -0.1) is 11.3 Å². The second-order valence-electron chi connectivity index (χ2n) is 3.72. The molecule has 0 amide bonds. The summed E-state index contributed by atoms with van der Waals surface area (Å²) in [6, 6.07) is 7.38. The zero-order valence-electron chi connectivity index (χ0n) is 9.77. The van der Waals surface area contributed by atoms with Crippen LogP contribution in [0.1, 0.15) is 24.2 Å². The molecule has 0 aliphatic carbocycles. The van der Waals surface area contributed by atoms with E-state index in [0.29, 0.717) is 6.54 Å². The molecule has 0 fully saturated rings. The lowest BCUT2D eigenvalue weighted by molar-refractivity contribution is 0.101. The first-order valence-electron chi connectivity index (χ1n) is 5.43. The van der Waals surface area contributed by atoms with E-state index in [2.05, 4.69) is 0 Å². The first-order valence-corrected chi connectivity index (χ1v) is 6.31. The predicted molar refractivity (Wildman–Crippen MR) is 69.7 cm³/mol. The zero-order valence-corrected chi connectivity index (χ0v) is 10.6. The third kappa shape index (κ3) is 2.08. The van der Waals surface area contributed by atoms with Crippen molar-refractivity contribution in [3.63, 3.8) is 0 Å². The molecule has 0 unspecified atom stereocenters. The molecule has 0 saturated carbocycles. The molecular formula is C13H13NO2S. The zero-order chi connectivity index (χ0) is 12.4. The van der Waals surface area contributed by atoms with Crippen LogP contribution in [0.15, 0.2) is 34.4 Å². The molecule has 2 heterocycles. The molecule has 0 atom stereocenters. The first-order chi connectivity index (χ1) is 8.15. The number of pyridine rings is 1. The molecule has 17 heavy (non-hydrogen) atoms. The molecule has 4 heteroatoms. The van der Waals surface area contributed by atoms with Crippen molar-refractivity contribution >= 4 is 17.1 Å². The van der Waals surface area contributed by atoms with Crippen molar-refractivity contribution in [3.05, 3.63) is 45.6 Å². The van der Waals surface area contributed by atoms with Gasteiger partial charge in [-0.05, 0) is 37.4 Å². The van der Waals surface area contributed by atoms with Crippen LogP contribution < -0.4 is 5.56 Å². The smallest absolute Gasteiger partial charge is 0.261 e. The molecule has 0 saturated heterocycles. The van der Waals surface area contributed by atoms with Crippen molar-refractivity contribution in [1.29, 1.82) is 0 Å². The van der Waals surface area contributed by atoms with E-state index in [1.54, 1.807) is 22.0 Å². The summed E-state index contributed by atoms with van der Waals surface area (Å²) < 4.78 is 1.64. The lowest BCUT2D eigenvalue weighted by Gasteiger charge is -2.10. The van der Waals surface area contributed by atoms with Gasteiger partial charge in [-0.1, -0.05) is 6.07 Å². The topological polar surface area (TPSA) is 39.1 Å². The summed E-state index contributed by atoms with van der Waals surface area (Å²) in [6.45, 7) is 3.89. The fourth-order valence-corrected chi connectivity index (χ4v) is 2.56. The van der Waals surface area contributed by atoms with E-state index in [-0.39, 0.29) is 16.9 Å². The van der Waals surface area contributed by atoms with Crippen LogP contribution in [-0.4, -0.2) is 10.4 Å². The second kappa shape index (κ2) is 4.67. The number of hydrogen-bond donors (Lipinski definition) is 0. The Morgan fingerprint density at radius 1 is 1.35 bits per heavy atom. The van der Waals surface area contributed by atoms with Crippen molar-refractivity contribution in [2.45, 2.75) is 20.4 Å². The number of rotatable bonds is 3. The number of hydrogen-bond acceptors (Lipinski definition) is 3. The van der Waals surface area contributed by atoms with Crippen LogP contribution in [0.25, 0.3) is 10.6 Å². The van der Waals surface area contributed by atoms with E-state index in [0.717, 1.165) is 10.6 Å². The summed E-state index contributed by atoms with van der Waals surface area (Å²) in [7, 11) is 0. The molecule has 2 rings (SSSR count). The third-order valence-electron chi connectivity index (χ3n) is 2.64. The number of nitrogens with zero attached hydrogens (tertiary/aromatic N) is 1. The number of ketones is 1. The van der Waals surface area contributed by atoms with Crippen LogP contribution >= 0.6 is 11.3 Å². The van der Waals surface area contributed by atoms with Gasteiger partial charge in [0, 0.05) is 6.54 Å². The molecule has 3 nitrogen and oxygen atoms in total. The quantitative estimate of drug-likeness (QED) is 0.782. The highest BCUT2D eigenvalue weighted by Gasteiger charge is 2.12. The van der Waals surface area contributed by atoms with Crippen LogP contribution in [0, 0.1) is 0 Å². The molecule has 0 radical (unpaired) electrons. The van der Waals surface area contributed by atoms with Gasteiger partial charge < -0.3 is 4.57 Å². The Bertz CT molecular complexity index is 596. The maximum absolute atomic E-state index is 12.1. The lowest BCUT2D eigenvalue weighted by Crippen LogP contribution is -2.25. The minimum atomic E-state index is -0.203. The molecule has 0 bridgehead atoms. The SMILES string of the molecule is CCn1c(-c2cccs2)ccc(C(C)=O)c1=O. The van der Waals surface area contributed by atoms with Crippen LogP contribution in [0.3, 0.4) is 0 Å². The first kappa shape index (κ1) is 11.8. The fraction of sp³-hybridized carbons (Fsp3) is 0.231.